The van der Waals surface area contributed by atoms with Crippen LogP contribution >= 0.6 is 0 Å². The molecule has 0 bridgehead atoms. The van der Waals surface area contributed by atoms with E-state index in [1.165, 1.54) is 83.5 Å². The van der Waals surface area contributed by atoms with Crippen LogP contribution in [0.15, 0.2) is 0 Å². The van der Waals surface area contributed by atoms with E-state index in [4.69, 9.17) is 0 Å². The Hall–Kier alpha value is -0.0400. The SMILES string of the molecule is CC(C)CCC[C@@H](C)[C@H]1CC[C@H]2[C@@H]3CCC4CCCC[C@]4(C)[C@H]3CC[C@]12CO. The van der Waals surface area contributed by atoms with Crippen LogP contribution < -0.4 is 0 Å². The van der Waals surface area contributed by atoms with E-state index >= 15 is 0 Å². The average Bonchev–Trinajstić information content (AvgIpc) is 3.07. The van der Waals surface area contributed by atoms with E-state index in [-0.39, 0.29) is 5.41 Å². The van der Waals surface area contributed by atoms with Crippen LogP contribution in [0.25, 0.3) is 0 Å². The molecule has 0 aromatic rings. The fourth-order valence-corrected chi connectivity index (χ4v) is 9.36. The molecule has 0 amide bonds. The summed E-state index contributed by atoms with van der Waals surface area (Å²) in [5.74, 6) is 6.14. The number of aliphatic hydroxyl groups is 1. The third-order valence-electron chi connectivity index (χ3n) is 10.8. The molecule has 0 spiro atoms. The zero-order valence-electron chi connectivity index (χ0n) is 19.4. The number of hydrogen-bond donors (Lipinski definition) is 1. The van der Waals surface area contributed by atoms with Gasteiger partial charge in [0.1, 0.15) is 0 Å². The second kappa shape index (κ2) is 8.24. The predicted molar refractivity (Wildman–Crippen MR) is 119 cm³/mol. The number of fused-ring (bicyclic) bond motifs is 5. The highest BCUT2D eigenvalue weighted by Gasteiger charge is 2.61. The van der Waals surface area contributed by atoms with E-state index < -0.39 is 0 Å². The Morgan fingerprint density at radius 3 is 2.43 bits per heavy atom. The summed E-state index contributed by atoms with van der Waals surface area (Å²) in [5, 5.41) is 10.8. The smallest absolute Gasteiger partial charge is 0.0492 e. The topological polar surface area (TPSA) is 20.2 Å². The summed E-state index contributed by atoms with van der Waals surface area (Å²) in [5.41, 5.74) is 0.903. The Kier molecular flexibility index (Phi) is 6.24. The van der Waals surface area contributed by atoms with Gasteiger partial charge in [-0.25, -0.2) is 0 Å². The lowest BCUT2D eigenvalue weighted by molar-refractivity contribution is -0.132. The second-order valence-electron chi connectivity index (χ2n) is 12.3. The Morgan fingerprint density at radius 2 is 1.68 bits per heavy atom. The quantitative estimate of drug-likeness (QED) is 0.500. The van der Waals surface area contributed by atoms with Crippen LogP contribution in [0.3, 0.4) is 0 Å². The first-order valence-electron chi connectivity index (χ1n) is 13.0. The van der Waals surface area contributed by atoms with E-state index in [0.717, 1.165) is 41.4 Å². The third-order valence-corrected chi connectivity index (χ3v) is 10.8. The maximum absolute atomic E-state index is 10.8. The van der Waals surface area contributed by atoms with Gasteiger partial charge >= 0.3 is 0 Å². The zero-order chi connectivity index (χ0) is 19.9. The van der Waals surface area contributed by atoms with Crippen molar-refractivity contribution in [2.75, 3.05) is 6.61 Å². The van der Waals surface area contributed by atoms with Crippen LogP contribution in [0, 0.1) is 52.3 Å². The predicted octanol–water partition coefficient (Wildman–Crippen LogP) is 7.47. The highest BCUT2D eigenvalue weighted by Crippen LogP contribution is 2.68. The molecule has 1 unspecified atom stereocenters. The standard InChI is InChI=1S/C27H48O/c1-19(2)8-7-9-20(3)23-13-14-25-22-12-11-21-10-5-6-16-26(21,4)24(22)15-17-27(23,25)18-28/h19-25,28H,5-18H2,1-4H3/t20-,21?,22-,23-,24+,25+,26+,27+/m1/s1. The minimum Gasteiger partial charge on any atom is -0.396 e. The van der Waals surface area contributed by atoms with Crippen molar-refractivity contribution in [1.82, 2.24) is 0 Å². The largest absolute Gasteiger partial charge is 0.396 e. The minimum atomic E-state index is 0.274. The van der Waals surface area contributed by atoms with Gasteiger partial charge < -0.3 is 5.11 Å². The van der Waals surface area contributed by atoms with Gasteiger partial charge in [-0.3, -0.25) is 0 Å². The molecule has 0 radical (unpaired) electrons. The fourth-order valence-electron chi connectivity index (χ4n) is 9.36. The summed E-state index contributed by atoms with van der Waals surface area (Å²) >= 11 is 0. The third kappa shape index (κ3) is 3.40. The molecule has 4 saturated carbocycles. The molecule has 8 atom stereocenters. The molecule has 162 valence electrons. The molecule has 0 aromatic heterocycles. The average molecular weight is 389 g/mol. The van der Waals surface area contributed by atoms with E-state index in [1.54, 1.807) is 0 Å². The van der Waals surface area contributed by atoms with Gasteiger partial charge in [-0.2, -0.15) is 0 Å². The van der Waals surface area contributed by atoms with Crippen LogP contribution in [-0.2, 0) is 0 Å². The maximum Gasteiger partial charge on any atom is 0.0492 e. The van der Waals surface area contributed by atoms with Crippen LogP contribution in [0.2, 0.25) is 0 Å². The van der Waals surface area contributed by atoms with Gasteiger partial charge in [0.15, 0.2) is 0 Å². The zero-order valence-corrected chi connectivity index (χ0v) is 19.4. The Morgan fingerprint density at radius 1 is 0.857 bits per heavy atom. The van der Waals surface area contributed by atoms with Crippen LogP contribution in [0.4, 0.5) is 0 Å². The van der Waals surface area contributed by atoms with Crippen molar-refractivity contribution in [3.05, 3.63) is 0 Å². The van der Waals surface area contributed by atoms with Crippen LogP contribution in [0.5, 0.6) is 0 Å². The Balaban J connectivity index is 1.50. The monoisotopic (exact) mass is 388 g/mol. The van der Waals surface area contributed by atoms with Crippen molar-refractivity contribution in [2.24, 2.45) is 52.3 Å². The highest BCUT2D eigenvalue weighted by molar-refractivity contribution is 5.10. The summed E-state index contributed by atoms with van der Waals surface area (Å²) in [7, 11) is 0. The van der Waals surface area contributed by atoms with Gasteiger partial charge in [-0.1, -0.05) is 59.8 Å². The van der Waals surface area contributed by atoms with Gasteiger partial charge in [0.25, 0.3) is 0 Å². The second-order valence-corrected chi connectivity index (χ2v) is 12.3. The Labute approximate surface area is 175 Å². The van der Waals surface area contributed by atoms with Gasteiger partial charge in [0, 0.05) is 6.61 Å². The highest BCUT2D eigenvalue weighted by atomic mass is 16.3. The first-order valence-corrected chi connectivity index (χ1v) is 13.0. The van der Waals surface area contributed by atoms with Crippen LogP contribution in [-0.4, -0.2) is 11.7 Å². The van der Waals surface area contributed by atoms with Crippen molar-refractivity contribution in [1.29, 1.82) is 0 Å². The van der Waals surface area contributed by atoms with E-state index in [1.807, 2.05) is 0 Å². The summed E-state index contributed by atoms with van der Waals surface area (Å²) in [6.07, 6.45) is 18.6. The molecular formula is C27H48O. The molecule has 4 rings (SSSR count). The van der Waals surface area contributed by atoms with E-state index in [2.05, 4.69) is 27.7 Å². The van der Waals surface area contributed by atoms with E-state index in [9.17, 15) is 5.11 Å². The summed E-state index contributed by atoms with van der Waals surface area (Å²) < 4.78 is 0. The minimum absolute atomic E-state index is 0.274. The molecule has 1 heteroatoms. The lowest BCUT2D eigenvalue weighted by atomic mass is 9.44. The molecule has 0 aromatic carbocycles. The molecular weight excluding hydrogens is 340 g/mol. The van der Waals surface area contributed by atoms with Crippen molar-refractivity contribution < 1.29 is 5.11 Å². The van der Waals surface area contributed by atoms with Gasteiger partial charge in [-0.15, -0.1) is 0 Å². The first kappa shape index (κ1) is 21.2. The molecule has 4 aliphatic carbocycles. The maximum atomic E-state index is 10.8. The van der Waals surface area contributed by atoms with Crippen molar-refractivity contribution in [2.45, 2.75) is 111 Å². The summed E-state index contributed by atoms with van der Waals surface area (Å²) in [6.45, 7) is 10.4. The van der Waals surface area contributed by atoms with Crippen molar-refractivity contribution >= 4 is 0 Å². The van der Waals surface area contributed by atoms with Gasteiger partial charge in [0.05, 0.1) is 0 Å². The van der Waals surface area contributed by atoms with Crippen LogP contribution in [0.1, 0.15) is 111 Å². The van der Waals surface area contributed by atoms with Gasteiger partial charge in [0.2, 0.25) is 0 Å². The molecule has 1 nitrogen and oxygen atoms in total. The summed E-state index contributed by atoms with van der Waals surface area (Å²) in [4.78, 5) is 0. The molecule has 0 saturated heterocycles. The summed E-state index contributed by atoms with van der Waals surface area (Å²) in [6, 6.07) is 0. The fraction of sp³-hybridized carbons (Fsp3) is 1.00. The molecule has 0 heterocycles. The number of rotatable bonds is 6. The Bertz CT molecular complexity index is 526. The van der Waals surface area contributed by atoms with Crippen molar-refractivity contribution in [3.63, 3.8) is 0 Å². The number of hydrogen-bond acceptors (Lipinski definition) is 1. The molecule has 0 aliphatic heterocycles. The normalized spacial score (nSPS) is 46.7. The lowest BCUT2D eigenvalue weighted by Gasteiger charge is -2.61. The lowest BCUT2D eigenvalue weighted by Crippen LogP contribution is -2.54. The first-order chi connectivity index (χ1) is 13.4. The van der Waals surface area contributed by atoms with E-state index in [0.29, 0.717) is 12.0 Å². The molecule has 1 N–H and O–H groups in total. The molecule has 4 aliphatic rings. The van der Waals surface area contributed by atoms with Crippen molar-refractivity contribution in [3.8, 4) is 0 Å². The number of aliphatic hydroxyl groups excluding tert-OH is 1. The molecule has 28 heavy (non-hydrogen) atoms. The molecule has 4 fully saturated rings. The van der Waals surface area contributed by atoms with Gasteiger partial charge in [-0.05, 0) is 104 Å².